The predicted octanol–water partition coefficient (Wildman–Crippen LogP) is 2.12. The van der Waals surface area contributed by atoms with E-state index >= 15 is 0 Å². The summed E-state index contributed by atoms with van der Waals surface area (Å²) in [6, 6.07) is 2.95. The number of hydrogen-bond donors (Lipinski definition) is 0. The van der Waals surface area contributed by atoms with Crippen molar-refractivity contribution in [2.45, 2.75) is 16.8 Å². The maximum atomic E-state index is 13.3. The molecule has 0 aliphatic carbocycles. The molecule has 0 N–H and O–H groups in total. The summed E-state index contributed by atoms with van der Waals surface area (Å²) in [6.07, 6.45) is 3.32. The minimum atomic E-state index is -1.10. The van der Waals surface area contributed by atoms with Gasteiger partial charge in [-0.3, -0.25) is 9.59 Å². The Morgan fingerprint density at radius 3 is 2.68 bits per heavy atom. The Morgan fingerprint density at radius 1 is 1.27 bits per heavy atom. The zero-order valence-corrected chi connectivity index (χ0v) is 12.3. The van der Waals surface area contributed by atoms with Gasteiger partial charge in [0.2, 0.25) is 11.8 Å². The van der Waals surface area contributed by atoms with Gasteiger partial charge in [0.15, 0.2) is 16.8 Å². The van der Waals surface area contributed by atoms with Crippen LogP contribution in [-0.2, 0) is 16.6 Å². The van der Waals surface area contributed by atoms with Crippen molar-refractivity contribution in [3.63, 3.8) is 0 Å². The molecule has 1 atom stereocenters. The Hall–Kier alpha value is -2.22. The van der Waals surface area contributed by atoms with Gasteiger partial charge in [-0.15, -0.1) is 0 Å². The third kappa shape index (κ3) is 2.50. The van der Waals surface area contributed by atoms with Crippen molar-refractivity contribution in [2.75, 3.05) is 4.90 Å². The third-order valence-electron chi connectivity index (χ3n) is 3.29. The SMILES string of the molecule is Cn1ccnc1S[C@H]1CC(=O)N(c2ccc(F)c(F)c2)C1=O. The van der Waals surface area contributed by atoms with Crippen molar-refractivity contribution in [3.8, 4) is 0 Å². The fourth-order valence-corrected chi connectivity index (χ4v) is 3.22. The molecule has 22 heavy (non-hydrogen) atoms. The molecule has 0 spiro atoms. The molecule has 2 heterocycles. The number of aromatic nitrogens is 2. The van der Waals surface area contributed by atoms with Crippen LogP contribution in [0.1, 0.15) is 6.42 Å². The molecule has 1 aliphatic heterocycles. The van der Waals surface area contributed by atoms with Crippen molar-refractivity contribution < 1.29 is 18.4 Å². The van der Waals surface area contributed by atoms with Crippen LogP contribution in [-0.4, -0.2) is 26.6 Å². The summed E-state index contributed by atoms with van der Waals surface area (Å²) in [7, 11) is 1.78. The van der Waals surface area contributed by atoms with Crippen molar-refractivity contribution in [1.29, 1.82) is 0 Å². The van der Waals surface area contributed by atoms with Gasteiger partial charge >= 0.3 is 0 Å². The Labute approximate surface area is 128 Å². The first kappa shape index (κ1) is 14.7. The highest BCUT2D eigenvalue weighted by atomic mass is 32.2. The molecule has 1 aliphatic rings. The van der Waals surface area contributed by atoms with E-state index in [-0.39, 0.29) is 12.1 Å². The molecule has 2 amide bonds. The number of benzene rings is 1. The lowest BCUT2D eigenvalue weighted by molar-refractivity contribution is -0.121. The second-order valence-electron chi connectivity index (χ2n) is 4.80. The second-order valence-corrected chi connectivity index (χ2v) is 5.97. The molecular weight excluding hydrogens is 312 g/mol. The highest BCUT2D eigenvalue weighted by molar-refractivity contribution is 8.00. The lowest BCUT2D eigenvalue weighted by Crippen LogP contribution is -2.31. The molecular formula is C14H11F2N3O2S. The highest BCUT2D eigenvalue weighted by Crippen LogP contribution is 2.33. The number of rotatable bonds is 3. The summed E-state index contributed by atoms with van der Waals surface area (Å²) in [4.78, 5) is 29.4. The van der Waals surface area contributed by atoms with Gasteiger partial charge < -0.3 is 4.57 Å². The average Bonchev–Trinajstić information content (AvgIpc) is 2.99. The lowest BCUT2D eigenvalue weighted by atomic mass is 10.3. The zero-order chi connectivity index (χ0) is 15.9. The Balaban J connectivity index is 1.85. The van der Waals surface area contributed by atoms with Crippen LogP contribution in [0.15, 0.2) is 35.7 Å². The van der Waals surface area contributed by atoms with Gasteiger partial charge in [-0.25, -0.2) is 18.7 Å². The molecule has 1 fully saturated rings. The van der Waals surface area contributed by atoms with Gasteiger partial charge in [-0.1, -0.05) is 11.8 Å². The van der Waals surface area contributed by atoms with Gasteiger partial charge in [-0.2, -0.15) is 0 Å². The van der Waals surface area contributed by atoms with Crippen molar-refractivity contribution in [2.24, 2.45) is 7.05 Å². The normalized spacial score (nSPS) is 18.3. The third-order valence-corrected chi connectivity index (χ3v) is 4.55. The fourth-order valence-electron chi connectivity index (χ4n) is 2.18. The standard InChI is InChI=1S/C14H11F2N3O2S/c1-18-5-4-17-14(18)22-11-7-12(20)19(13(11)21)8-2-3-9(15)10(16)6-8/h2-6,11H,7H2,1H3/t11-/m0/s1. The molecule has 2 aromatic rings. The predicted molar refractivity (Wildman–Crippen MR) is 76.3 cm³/mol. The zero-order valence-electron chi connectivity index (χ0n) is 11.5. The first-order chi connectivity index (χ1) is 10.5. The highest BCUT2D eigenvalue weighted by Gasteiger charge is 2.41. The monoisotopic (exact) mass is 323 g/mol. The largest absolute Gasteiger partial charge is 0.329 e. The van der Waals surface area contributed by atoms with E-state index in [4.69, 9.17) is 0 Å². The van der Waals surface area contributed by atoms with Crippen LogP contribution in [0, 0.1) is 11.6 Å². The van der Waals surface area contributed by atoms with Crippen LogP contribution < -0.4 is 4.90 Å². The summed E-state index contributed by atoms with van der Waals surface area (Å²) in [6.45, 7) is 0. The van der Waals surface area contributed by atoms with E-state index in [1.807, 2.05) is 0 Å². The minimum Gasteiger partial charge on any atom is -0.329 e. The molecule has 5 nitrogen and oxygen atoms in total. The first-order valence-electron chi connectivity index (χ1n) is 6.43. The van der Waals surface area contributed by atoms with Gasteiger partial charge in [0.1, 0.15) is 5.25 Å². The van der Waals surface area contributed by atoms with Crippen molar-refractivity contribution in [3.05, 3.63) is 42.2 Å². The average molecular weight is 323 g/mol. The smallest absolute Gasteiger partial charge is 0.247 e. The molecule has 3 rings (SSSR count). The van der Waals surface area contributed by atoms with Gasteiger partial charge in [0, 0.05) is 31.9 Å². The number of thioether (sulfide) groups is 1. The van der Waals surface area contributed by atoms with Gasteiger partial charge in [0.25, 0.3) is 0 Å². The topological polar surface area (TPSA) is 55.2 Å². The number of amides is 2. The summed E-state index contributed by atoms with van der Waals surface area (Å²) >= 11 is 1.17. The second kappa shape index (κ2) is 5.53. The van der Waals surface area contributed by atoms with Crippen LogP contribution in [0.3, 0.4) is 0 Å². The fraction of sp³-hybridized carbons (Fsp3) is 0.214. The number of hydrogen-bond acceptors (Lipinski definition) is 4. The van der Waals surface area contributed by atoms with E-state index in [9.17, 15) is 18.4 Å². The lowest BCUT2D eigenvalue weighted by Gasteiger charge is -2.15. The van der Waals surface area contributed by atoms with E-state index in [0.717, 1.165) is 17.0 Å². The first-order valence-corrected chi connectivity index (χ1v) is 7.31. The molecule has 1 aromatic carbocycles. The summed E-state index contributed by atoms with van der Waals surface area (Å²) < 4.78 is 28.0. The van der Waals surface area contributed by atoms with E-state index in [0.29, 0.717) is 5.16 Å². The molecule has 0 unspecified atom stereocenters. The van der Waals surface area contributed by atoms with Gasteiger partial charge in [0.05, 0.1) is 5.69 Å². The number of anilines is 1. The number of imidazole rings is 1. The Morgan fingerprint density at radius 2 is 2.05 bits per heavy atom. The molecule has 8 heteroatoms. The van der Waals surface area contributed by atoms with Crippen LogP contribution in [0.5, 0.6) is 0 Å². The number of nitrogens with zero attached hydrogens (tertiary/aromatic N) is 3. The van der Waals surface area contributed by atoms with Crippen LogP contribution in [0.2, 0.25) is 0 Å². The molecule has 1 saturated heterocycles. The summed E-state index contributed by atoms with van der Waals surface area (Å²) in [5.74, 6) is -3.02. The van der Waals surface area contributed by atoms with E-state index in [1.54, 1.807) is 24.0 Å². The molecule has 0 saturated carbocycles. The number of aryl methyl sites for hydroxylation is 1. The van der Waals surface area contributed by atoms with Crippen LogP contribution in [0.25, 0.3) is 0 Å². The quantitative estimate of drug-likeness (QED) is 0.812. The Kier molecular flexibility index (Phi) is 3.69. The maximum Gasteiger partial charge on any atom is 0.247 e. The molecule has 114 valence electrons. The van der Waals surface area contributed by atoms with E-state index in [2.05, 4.69) is 4.98 Å². The number of carbonyl (C=O) groups excluding carboxylic acids is 2. The molecule has 0 radical (unpaired) electrons. The summed E-state index contributed by atoms with van der Waals surface area (Å²) in [5.41, 5.74) is 0.0387. The number of carbonyl (C=O) groups is 2. The van der Waals surface area contributed by atoms with E-state index in [1.165, 1.54) is 17.8 Å². The number of imide groups is 1. The molecule has 0 bridgehead atoms. The van der Waals surface area contributed by atoms with Crippen LogP contribution in [0.4, 0.5) is 14.5 Å². The van der Waals surface area contributed by atoms with Crippen LogP contribution >= 0.6 is 11.8 Å². The van der Waals surface area contributed by atoms with Crippen molar-refractivity contribution in [1.82, 2.24) is 9.55 Å². The van der Waals surface area contributed by atoms with E-state index < -0.39 is 28.7 Å². The van der Waals surface area contributed by atoms with Gasteiger partial charge in [-0.05, 0) is 12.1 Å². The molecule has 1 aromatic heterocycles. The van der Waals surface area contributed by atoms with Crippen molar-refractivity contribution >= 4 is 29.3 Å². The number of halogens is 2. The summed E-state index contributed by atoms with van der Waals surface area (Å²) in [5, 5.41) is -0.0139. The maximum absolute atomic E-state index is 13.3. The Bertz CT molecular complexity index is 762. The minimum absolute atomic E-state index is 0.00461.